The number of benzene rings is 2. The van der Waals surface area contributed by atoms with Crippen LogP contribution < -0.4 is 0 Å². The zero-order chi connectivity index (χ0) is 19.3. The Labute approximate surface area is 157 Å². The summed E-state index contributed by atoms with van der Waals surface area (Å²) in [7, 11) is 0. The standard InChI is InChI=1S/C21H20N2O2S/c1-5-19(26-21(2,3)20(24)25)18(13-23-4)17-11-10-14(12-22)15-8-6-7-9-16(15)17/h5-11,13H,4H2,1-3H3,(H,24,25)/b18-13-,19-5+. The van der Waals surface area contributed by atoms with E-state index in [1.165, 1.54) is 11.8 Å². The molecule has 0 radical (unpaired) electrons. The molecule has 4 nitrogen and oxygen atoms in total. The summed E-state index contributed by atoms with van der Waals surface area (Å²) in [5, 5.41) is 20.6. The zero-order valence-electron chi connectivity index (χ0n) is 15.0. The number of carboxylic acids is 1. The maximum atomic E-state index is 11.5. The Hall–Kier alpha value is -2.84. The van der Waals surface area contributed by atoms with Crippen molar-refractivity contribution in [2.24, 2.45) is 4.99 Å². The van der Waals surface area contributed by atoms with Crippen LogP contribution in [0, 0.1) is 11.3 Å². The Morgan fingerprint density at radius 2 is 1.92 bits per heavy atom. The van der Waals surface area contributed by atoms with Gasteiger partial charge in [-0.3, -0.25) is 9.79 Å². The first-order valence-corrected chi connectivity index (χ1v) is 8.84. The average molecular weight is 364 g/mol. The van der Waals surface area contributed by atoms with Gasteiger partial charge in [0, 0.05) is 22.1 Å². The number of allylic oxidation sites excluding steroid dienone is 2. The number of hydrogen-bond donors (Lipinski definition) is 1. The van der Waals surface area contributed by atoms with E-state index in [9.17, 15) is 15.2 Å². The van der Waals surface area contributed by atoms with Crippen LogP contribution in [0.4, 0.5) is 0 Å². The molecule has 0 amide bonds. The molecule has 0 fully saturated rings. The molecule has 2 aromatic rings. The molecule has 0 aliphatic rings. The van der Waals surface area contributed by atoms with Gasteiger partial charge < -0.3 is 5.11 Å². The lowest BCUT2D eigenvalue weighted by atomic mass is 9.95. The van der Waals surface area contributed by atoms with Gasteiger partial charge in [0.05, 0.1) is 11.6 Å². The highest BCUT2D eigenvalue weighted by Crippen LogP contribution is 2.42. The van der Waals surface area contributed by atoms with E-state index in [0.717, 1.165) is 26.8 Å². The Kier molecular flexibility index (Phi) is 6.01. The van der Waals surface area contributed by atoms with Gasteiger partial charge in [-0.25, -0.2) is 0 Å². The molecular formula is C21H20N2O2S. The number of rotatable bonds is 6. The smallest absolute Gasteiger partial charge is 0.319 e. The molecule has 5 heteroatoms. The topological polar surface area (TPSA) is 73.4 Å². The molecule has 2 rings (SSSR count). The Balaban J connectivity index is 2.68. The fraction of sp³-hybridized carbons (Fsp3) is 0.190. The third-order valence-corrected chi connectivity index (χ3v) is 5.32. The molecule has 132 valence electrons. The molecule has 0 saturated carbocycles. The van der Waals surface area contributed by atoms with Crippen LogP contribution in [0.25, 0.3) is 16.3 Å². The molecular weight excluding hydrogens is 344 g/mol. The highest BCUT2D eigenvalue weighted by molar-refractivity contribution is 8.05. The minimum Gasteiger partial charge on any atom is -0.480 e. The van der Waals surface area contributed by atoms with Gasteiger partial charge in [0.15, 0.2) is 0 Å². The molecule has 0 aliphatic carbocycles. The number of nitriles is 1. The van der Waals surface area contributed by atoms with Crippen molar-refractivity contribution in [3.63, 3.8) is 0 Å². The molecule has 26 heavy (non-hydrogen) atoms. The van der Waals surface area contributed by atoms with Gasteiger partial charge >= 0.3 is 5.97 Å². The lowest BCUT2D eigenvalue weighted by Crippen LogP contribution is -2.27. The molecule has 0 aromatic heterocycles. The molecule has 0 saturated heterocycles. The van der Waals surface area contributed by atoms with E-state index in [1.807, 2.05) is 43.3 Å². The third-order valence-electron chi connectivity index (χ3n) is 3.96. The van der Waals surface area contributed by atoms with Gasteiger partial charge in [-0.15, -0.1) is 11.8 Å². The van der Waals surface area contributed by atoms with Crippen molar-refractivity contribution in [3.8, 4) is 6.07 Å². The van der Waals surface area contributed by atoms with Crippen LogP contribution in [0.1, 0.15) is 31.9 Å². The van der Waals surface area contributed by atoms with E-state index >= 15 is 0 Å². The van der Waals surface area contributed by atoms with E-state index in [4.69, 9.17) is 0 Å². The van der Waals surface area contributed by atoms with E-state index in [1.54, 1.807) is 26.1 Å². The number of hydrogen-bond acceptors (Lipinski definition) is 4. The van der Waals surface area contributed by atoms with Gasteiger partial charge in [0.25, 0.3) is 0 Å². The first kappa shape index (κ1) is 19.5. The summed E-state index contributed by atoms with van der Waals surface area (Å²) in [6.07, 6.45) is 3.51. The molecule has 2 aromatic carbocycles. The van der Waals surface area contributed by atoms with Crippen molar-refractivity contribution in [3.05, 3.63) is 64.7 Å². The zero-order valence-corrected chi connectivity index (χ0v) is 15.8. The highest BCUT2D eigenvalue weighted by atomic mass is 32.2. The van der Waals surface area contributed by atoms with Crippen molar-refractivity contribution < 1.29 is 9.90 Å². The van der Waals surface area contributed by atoms with Gasteiger partial charge in [0.1, 0.15) is 4.75 Å². The monoisotopic (exact) mass is 364 g/mol. The lowest BCUT2D eigenvalue weighted by molar-refractivity contribution is -0.138. The van der Waals surface area contributed by atoms with E-state index in [-0.39, 0.29) is 0 Å². The van der Waals surface area contributed by atoms with Crippen LogP contribution in [0.5, 0.6) is 0 Å². The van der Waals surface area contributed by atoms with Crippen LogP contribution in [0.3, 0.4) is 0 Å². The van der Waals surface area contributed by atoms with E-state index in [2.05, 4.69) is 17.8 Å². The van der Waals surface area contributed by atoms with Crippen LogP contribution >= 0.6 is 11.8 Å². The van der Waals surface area contributed by atoms with Crippen molar-refractivity contribution in [1.82, 2.24) is 0 Å². The van der Waals surface area contributed by atoms with Crippen molar-refractivity contribution >= 4 is 40.8 Å². The normalized spacial score (nSPS) is 12.7. The first-order valence-electron chi connectivity index (χ1n) is 8.03. The molecule has 0 atom stereocenters. The summed E-state index contributed by atoms with van der Waals surface area (Å²) in [5.41, 5.74) is 2.26. The van der Waals surface area contributed by atoms with E-state index < -0.39 is 10.7 Å². The van der Waals surface area contributed by atoms with Crippen LogP contribution in [0.2, 0.25) is 0 Å². The van der Waals surface area contributed by atoms with E-state index in [0.29, 0.717) is 5.56 Å². The lowest BCUT2D eigenvalue weighted by Gasteiger charge is -2.22. The summed E-state index contributed by atoms with van der Waals surface area (Å²) in [6, 6.07) is 13.5. The number of nitrogens with zero attached hydrogens (tertiary/aromatic N) is 2. The van der Waals surface area contributed by atoms with Crippen LogP contribution in [-0.4, -0.2) is 22.5 Å². The molecule has 0 aliphatic heterocycles. The maximum absolute atomic E-state index is 11.5. The maximum Gasteiger partial charge on any atom is 0.319 e. The predicted octanol–water partition coefficient (Wildman–Crippen LogP) is 5.25. The highest BCUT2D eigenvalue weighted by Gasteiger charge is 2.30. The average Bonchev–Trinajstić information content (AvgIpc) is 2.63. The van der Waals surface area contributed by atoms with Gasteiger partial charge in [-0.2, -0.15) is 5.26 Å². The Morgan fingerprint density at radius 3 is 2.46 bits per heavy atom. The SMILES string of the molecule is C=N/C=C(\C(=C/C)SC(C)(C)C(=O)O)c1ccc(C#N)c2ccccc12. The van der Waals surface area contributed by atoms with Crippen molar-refractivity contribution in [1.29, 1.82) is 5.26 Å². The molecule has 0 spiro atoms. The minimum atomic E-state index is -0.996. The van der Waals surface area contributed by atoms with Crippen LogP contribution in [0.15, 0.2) is 58.6 Å². The quantitative estimate of drug-likeness (QED) is 0.561. The molecule has 0 heterocycles. The van der Waals surface area contributed by atoms with Gasteiger partial charge in [-0.05, 0) is 44.5 Å². The van der Waals surface area contributed by atoms with Crippen molar-refractivity contribution in [2.45, 2.75) is 25.5 Å². The number of thioether (sulfide) groups is 1. The Morgan fingerprint density at radius 1 is 1.27 bits per heavy atom. The van der Waals surface area contributed by atoms with Crippen molar-refractivity contribution in [2.75, 3.05) is 0 Å². The molecule has 0 unspecified atom stereocenters. The minimum absolute atomic E-state index is 0.593. The first-order chi connectivity index (χ1) is 12.4. The summed E-state index contributed by atoms with van der Waals surface area (Å²) >= 11 is 1.26. The summed E-state index contributed by atoms with van der Waals surface area (Å²) < 4.78 is -0.996. The van der Waals surface area contributed by atoms with Gasteiger partial charge in [-0.1, -0.05) is 36.4 Å². The second kappa shape index (κ2) is 8.03. The second-order valence-electron chi connectivity index (χ2n) is 6.11. The number of fused-ring (bicyclic) bond motifs is 1. The largest absolute Gasteiger partial charge is 0.480 e. The third kappa shape index (κ3) is 3.87. The second-order valence-corrected chi connectivity index (χ2v) is 7.78. The van der Waals surface area contributed by atoms with Gasteiger partial charge in [0.2, 0.25) is 0 Å². The fourth-order valence-corrected chi connectivity index (χ4v) is 3.60. The fourth-order valence-electron chi connectivity index (χ4n) is 2.58. The number of aliphatic imine (C=N–C) groups is 1. The number of carbonyl (C=O) groups is 1. The summed E-state index contributed by atoms with van der Waals surface area (Å²) in [6.45, 7) is 8.75. The molecule has 0 bridgehead atoms. The number of carboxylic acid groups (broad SMARTS) is 1. The Bertz CT molecular complexity index is 966. The summed E-state index contributed by atoms with van der Waals surface area (Å²) in [5.74, 6) is -0.891. The predicted molar refractivity (Wildman–Crippen MR) is 109 cm³/mol. The summed E-state index contributed by atoms with van der Waals surface area (Å²) in [4.78, 5) is 16.3. The number of aliphatic carboxylic acids is 1. The van der Waals surface area contributed by atoms with Crippen LogP contribution in [-0.2, 0) is 4.79 Å². The molecule has 1 N–H and O–H groups in total.